The minimum Gasteiger partial charge on any atom is -0.353 e. The van der Waals surface area contributed by atoms with Gasteiger partial charge in [0.2, 0.25) is 11.8 Å². The number of aryl methyl sites for hydroxylation is 1. The lowest BCUT2D eigenvalue weighted by atomic mass is 10.0. The summed E-state index contributed by atoms with van der Waals surface area (Å²) in [6.07, 6.45) is 2.15. The first kappa shape index (κ1) is 21.8. The average Bonchev–Trinajstić information content (AvgIpc) is 3.15. The number of anilines is 1. The Balaban J connectivity index is 1.28. The van der Waals surface area contributed by atoms with Gasteiger partial charge in [-0.3, -0.25) is 14.5 Å². The molecule has 2 aliphatic rings. The summed E-state index contributed by atoms with van der Waals surface area (Å²) in [7, 11) is 0. The SMILES string of the molecule is Cc1cccc(N2CC(C(=O)NC3CCN(Cc4ccc(Cl)cc4)CC3)CC2=O)c1C. The zero-order valence-electron chi connectivity index (χ0n) is 18.2. The van der Waals surface area contributed by atoms with Gasteiger partial charge in [-0.05, 0) is 61.6 Å². The third-order valence-corrected chi connectivity index (χ3v) is 6.87. The number of rotatable bonds is 5. The molecule has 2 fully saturated rings. The van der Waals surface area contributed by atoms with E-state index in [2.05, 4.69) is 22.3 Å². The summed E-state index contributed by atoms with van der Waals surface area (Å²) >= 11 is 5.97. The molecule has 0 aliphatic carbocycles. The van der Waals surface area contributed by atoms with E-state index in [4.69, 9.17) is 11.6 Å². The summed E-state index contributed by atoms with van der Waals surface area (Å²) in [6.45, 7) is 7.34. The van der Waals surface area contributed by atoms with Crippen LogP contribution in [0.1, 0.15) is 36.0 Å². The lowest BCUT2D eigenvalue weighted by molar-refractivity contribution is -0.127. The van der Waals surface area contributed by atoms with Crippen LogP contribution in [0.2, 0.25) is 5.02 Å². The second kappa shape index (κ2) is 9.41. The Morgan fingerprint density at radius 2 is 1.81 bits per heavy atom. The Morgan fingerprint density at radius 1 is 1.10 bits per heavy atom. The van der Waals surface area contributed by atoms with E-state index in [9.17, 15) is 9.59 Å². The van der Waals surface area contributed by atoms with Gasteiger partial charge in [-0.25, -0.2) is 0 Å². The number of benzene rings is 2. The molecule has 0 aromatic heterocycles. The molecule has 4 rings (SSSR count). The summed E-state index contributed by atoms with van der Waals surface area (Å²) in [5.74, 6) is -0.233. The highest BCUT2D eigenvalue weighted by atomic mass is 35.5. The quantitative estimate of drug-likeness (QED) is 0.763. The zero-order chi connectivity index (χ0) is 22.0. The van der Waals surface area contributed by atoms with Crippen LogP contribution in [-0.2, 0) is 16.1 Å². The van der Waals surface area contributed by atoms with E-state index in [1.165, 1.54) is 5.56 Å². The highest BCUT2D eigenvalue weighted by molar-refractivity contribution is 6.30. The molecule has 2 amide bonds. The van der Waals surface area contributed by atoms with Crippen LogP contribution in [0, 0.1) is 19.8 Å². The molecule has 2 heterocycles. The number of hydrogen-bond acceptors (Lipinski definition) is 3. The number of nitrogens with zero attached hydrogens (tertiary/aromatic N) is 2. The molecular weight excluding hydrogens is 410 g/mol. The molecule has 5 nitrogen and oxygen atoms in total. The summed E-state index contributed by atoms with van der Waals surface area (Å²) in [4.78, 5) is 29.7. The Hall–Kier alpha value is -2.37. The van der Waals surface area contributed by atoms with Crippen molar-refractivity contribution >= 4 is 29.1 Å². The van der Waals surface area contributed by atoms with Crippen molar-refractivity contribution in [3.05, 3.63) is 64.2 Å². The fraction of sp³-hybridized carbons (Fsp3) is 0.440. The molecule has 6 heteroatoms. The number of carbonyl (C=O) groups is 2. The van der Waals surface area contributed by atoms with Crippen molar-refractivity contribution in [3.8, 4) is 0 Å². The van der Waals surface area contributed by atoms with Crippen LogP contribution in [0.15, 0.2) is 42.5 Å². The average molecular weight is 440 g/mol. The van der Waals surface area contributed by atoms with Crippen LogP contribution < -0.4 is 10.2 Å². The predicted octanol–water partition coefficient (Wildman–Crippen LogP) is 4.09. The fourth-order valence-electron chi connectivity index (χ4n) is 4.55. The van der Waals surface area contributed by atoms with Gasteiger partial charge in [0.25, 0.3) is 0 Å². The number of halogens is 1. The van der Waals surface area contributed by atoms with Gasteiger partial charge in [-0.15, -0.1) is 0 Å². The zero-order valence-corrected chi connectivity index (χ0v) is 19.0. The number of carbonyl (C=O) groups excluding carboxylic acids is 2. The van der Waals surface area contributed by atoms with E-state index in [0.29, 0.717) is 6.54 Å². The number of nitrogens with one attached hydrogen (secondary N) is 1. The van der Waals surface area contributed by atoms with Crippen LogP contribution in [0.3, 0.4) is 0 Å². The van der Waals surface area contributed by atoms with Gasteiger partial charge in [0.05, 0.1) is 5.92 Å². The summed E-state index contributed by atoms with van der Waals surface area (Å²) < 4.78 is 0. The lowest BCUT2D eigenvalue weighted by Crippen LogP contribution is -2.46. The third kappa shape index (κ3) is 5.10. The first-order valence-corrected chi connectivity index (χ1v) is 11.4. The summed E-state index contributed by atoms with van der Waals surface area (Å²) in [6, 6.07) is 14.1. The molecule has 164 valence electrons. The number of piperidine rings is 1. The van der Waals surface area contributed by atoms with Crippen molar-refractivity contribution in [2.75, 3.05) is 24.5 Å². The molecule has 0 radical (unpaired) electrons. The van der Waals surface area contributed by atoms with Gasteiger partial charge < -0.3 is 10.2 Å². The number of hydrogen-bond donors (Lipinski definition) is 1. The van der Waals surface area contributed by atoms with Crippen molar-refractivity contribution in [1.29, 1.82) is 0 Å². The van der Waals surface area contributed by atoms with Crippen molar-refractivity contribution in [2.45, 2.75) is 45.7 Å². The van der Waals surface area contributed by atoms with E-state index in [1.54, 1.807) is 4.90 Å². The monoisotopic (exact) mass is 439 g/mol. The van der Waals surface area contributed by atoms with Gasteiger partial charge >= 0.3 is 0 Å². The summed E-state index contributed by atoms with van der Waals surface area (Å²) in [5.41, 5.74) is 4.44. The first-order chi connectivity index (χ1) is 14.9. The molecule has 1 atom stereocenters. The Kier molecular flexibility index (Phi) is 6.63. The minimum absolute atomic E-state index is 0.0114. The van der Waals surface area contributed by atoms with Crippen LogP contribution in [0.5, 0.6) is 0 Å². The van der Waals surface area contributed by atoms with E-state index in [0.717, 1.165) is 54.3 Å². The summed E-state index contributed by atoms with van der Waals surface area (Å²) in [5, 5.41) is 3.97. The highest BCUT2D eigenvalue weighted by Gasteiger charge is 2.36. The van der Waals surface area contributed by atoms with Crippen LogP contribution in [0.4, 0.5) is 5.69 Å². The van der Waals surface area contributed by atoms with Crippen LogP contribution in [-0.4, -0.2) is 42.4 Å². The van der Waals surface area contributed by atoms with E-state index in [-0.39, 0.29) is 30.2 Å². The molecule has 2 aromatic carbocycles. The molecule has 2 aromatic rings. The molecular formula is C25H30ClN3O2. The topological polar surface area (TPSA) is 52.7 Å². The van der Waals surface area contributed by atoms with Crippen LogP contribution >= 0.6 is 11.6 Å². The molecule has 1 N–H and O–H groups in total. The van der Waals surface area contributed by atoms with Gasteiger partial charge in [0.1, 0.15) is 0 Å². The van der Waals surface area contributed by atoms with E-state index >= 15 is 0 Å². The Labute approximate surface area is 189 Å². The maximum atomic E-state index is 12.9. The van der Waals surface area contributed by atoms with Gasteiger partial charge in [0.15, 0.2) is 0 Å². The normalized spacial score (nSPS) is 20.3. The lowest BCUT2D eigenvalue weighted by Gasteiger charge is -2.32. The molecule has 2 aliphatic heterocycles. The number of likely N-dealkylation sites (tertiary alicyclic amines) is 1. The smallest absolute Gasteiger partial charge is 0.227 e. The second-order valence-corrected chi connectivity index (χ2v) is 9.25. The van der Waals surface area contributed by atoms with Crippen molar-refractivity contribution in [2.24, 2.45) is 5.92 Å². The Bertz CT molecular complexity index is 952. The van der Waals surface area contributed by atoms with Crippen molar-refractivity contribution < 1.29 is 9.59 Å². The van der Waals surface area contributed by atoms with Crippen LogP contribution in [0.25, 0.3) is 0 Å². The number of amides is 2. The molecule has 2 saturated heterocycles. The second-order valence-electron chi connectivity index (χ2n) is 8.81. The maximum absolute atomic E-state index is 12.9. The largest absolute Gasteiger partial charge is 0.353 e. The first-order valence-electron chi connectivity index (χ1n) is 11.0. The van der Waals surface area contributed by atoms with Gasteiger partial charge in [0, 0.05) is 49.4 Å². The standard InChI is InChI=1S/C25H30ClN3O2/c1-17-4-3-5-23(18(17)2)29-16-20(14-24(29)30)25(31)27-22-10-12-28(13-11-22)15-19-6-8-21(26)9-7-19/h3-9,20,22H,10-16H2,1-2H3,(H,27,31). The molecule has 0 spiro atoms. The molecule has 31 heavy (non-hydrogen) atoms. The Morgan fingerprint density at radius 3 is 2.52 bits per heavy atom. The third-order valence-electron chi connectivity index (χ3n) is 6.62. The predicted molar refractivity (Wildman–Crippen MR) is 124 cm³/mol. The highest BCUT2D eigenvalue weighted by Crippen LogP contribution is 2.29. The molecule has 1 unspecified atom stereocenters. The van der Waals surface area contributed by atoms with Crippen molar-refractivity contribution in [3.63, 3.8) is 0 Å². The minimum atomic E-state index is -0.278. The molecule has 0 bridgehead atoms. The molecule has 0 saturated carbocycles. The maximum Gasteiger partial charge on any atom is 0.227 e. The van der Waals surface area contributed by atoms with E-state index in [1.807, 2.05) is 44.2 Å². The fourth-order valence-corrected chi connectivity index (χ4v) is 4.67. The van der Waals surface area contributed by atoms with E-state index < -0.39 is 0 Å². The van der Waals surface area contributed by atoms with Gasteiger partial charge in [-0.1, -0.05) is 35.9 Å². The van der Waals surface area contributed by atoms with Crippen molar-refractivity contribution in [1.82, 2.24) is 10.2 Å². The van der Waals surface area contributed by atoms with Gasteiger partial charge in [-0.2, -0.15) is 0 Å².